The van der Waals surface area contributed by atoms with Crippen LogP contribution in [0.25, 0.3) is 43.4 Å². The molecule has 8 atom stereocenters. The molecule has 3 unspecified atom stereocenters. The number of terminal acetylenes is 1. The minimum absolute atomic E-state index is 0.00815. The molecular weight excluding hydrogens is 1030 g/mol. The number of nitrogens with zero attached hydrogens (tertiary/aromatic N) is 9. The van der Waals surface area contributed by atoms with Crippen molar-refractivity contribution in [1.82, 2.24) is 45.5 Å². The van der Waals surface area contributed by atoms with Crippen molar-refractivity contribution in [2.45, 2.75) is 89.6 Å². The van der Waals surface area contributed by atoms with Crippen LogP contribution in [0.2, 0.25) is 0 Å². The van der Waals surface area contributed by atoms with Crippen molar-refractivity contribution < 1.29 is 37.8 Å². The van der Waals surface area contributed by atoms with E-state index in [4.69, 9.17) is 20.7 Å². The molecule has 410 valence electrons. The number of anilines is 2. The van der Waals surface area contributed by atoms with Gasteiger partial charge in [0.05, 0.1) is 39.2 Å². The number of piperidine rings is 1. The molecule has 5 fully saturated rings. The Hall–Kier alpha value is -7.31. The van der Waals surface area contributed by atoms with Crippen LogP contribution in [-0.4, -0.2) is 140 Å². The molecule has 5 aliphatic heterocycles. The van der Waals surface area contributed by atoms with Crippen molar-refractivity contribution in [1.29, 1.82) is 0 Å². The third-order valence-corrected chi connectivity index (χ3v) is 17.8. The normalized spacial score (nSPS) is 22.9. The summed E-state index contributed by atoms with van der Waals surface area (Å²) in [6.45, 7) is 13.2. The molecule has 0 radical (unpaired) electrons. The van der Waals surface area contributed by atoms with Crippen LogP contribution in [0.4, 0.5) is 20.4 Å². The first-order valence-corrected chi connectivity index (χ1v) is 28.2. The summed E-state index contributed by atoms with van der Waals surface area (Å²) in [5.74, 6) is 1.65. The van der Waals surface area contributed by atoms with Gasteiger partial charge in [0, 0.05) is 87.5 Å². The number of β-amino-alcohol motifs (C(OH)–C–C–N with tert-alkyl or cyclic N) is 1. The number of benzene rings is 3. The summed E-state index contributed by atoms with van der Waals surface area (Å²) >= 11 is 1.58. The lowest BCUT2D eigenvalue weighted by Gasteiger charge is -2.34. The molecule has 5 saturated heterocycles. The number of amides is 2. The van der Waals surface area contributed by atoms with E-state index in [9.17, 15) is 19.8 Å². The van der Waals surface area contributed by atoms with Crippen molar-refractivity contribution in [3.8, 4) is 45.8 Å². The van der Waals surface area contributed by atoms with Crippen LogP contribution >= 0.6 is 11.3 Å². The maximum Gasteiger partial charge on any atom is 0.319 e. The van der Waals surface area contributed by atoms with Crippen LogP contribution in [-0.2, 0) is 9.59 Å². The number of fused-ring (bicyclic) bond motifs is 5. The molecule has 2 amide bonds. The number of pyridine rings is 1. The van der Waals surface area contributed by atoms with Gasteiger partial charge < -0.3 is 44.8 Å². The molecule has 0 saturated carbocycles. The van der Waals surface area contributed by atoms with Crippen LogP contribution in [0.3, 0.4) is 0 Å². The average molecular weight is 1090 g/mol. The van der Waals surface area contributed by atoms with Gasteiger partial charge in [-0.15, -0.1) is 17.8 Å². The zero-order valence-corrected chi connectivity index (χ0v) is 45.3. The van der Waals surface area contributed by atoms with E-state index >= 15 is 8.78 Å². The van der Waals surface area contributed by atoms with E-state index in [0.29, 0.717) is 59.6 Å². The highest BCUT2D eigenvalue weighted by Gasteiger charge is 2.45. The van der Waals surface area contributed by atoms with Gasteiger partial charge in [0.15, 0.2) is 17.4 Å². The van der Waals surface area contributed by atoms with Gasteiger partial charge in [-0.25, -0.2) is 13.8 Å². The van der Waals surface area contributed by atoms with Gasteiger partial charge in [-0.05, 0) is 92.1 Å². The molecule has 9 heterocycles. The first kappa shape index (κ1) is 52.4. The second-order valence-corrected chi connectivity index (χ2v) is 23.3. The van der Waals surface area contributed by atoms with Gasteiger partial charge in [0.25, 0.3) is 0 Å². The van der Waals surface area contributed by atoms with Crippen LogP contribution in [0, 0.1) is 48.7 Å². The summed E-state index contributed by atoms with van der Waals surface area (Å²) < 4.78 is 44.6. The van der Waals surface area contributed by atoms with Crippen molar-refractivity contribution in [2.24, 2.45) is 17.8 Å². The fourth-order valence-corrected chi connectivity index (χ4v) is 13.6. The summed E-state index contributed by atoms with van der Waals surface area (Å²) in [6.07, 6.45) is 9.60. The fourth-order valence-electron chi connectivity index (χ4n) is 12.8. The second kappa shape index (κ2) is 21.4. The molecule has 0 aliphatic carbocycles. The zero-order valence-electron chi connectivity index (χ0n) is 44.5. The maximum atomic E-state index is 17.2. The number of aromatic hydroxyl groups is 1. The molecule has 12 rings (SSSR count). The molecule has 4 N–H and O–H groups in total. The molecule has 79 heavy (non-hydrogen) atoms. The Morgan fingerprint density at radius 1 is 0.962 bits per heavy atom. The van der Waals surface area contributed by atoms with Gasteiger partial charge in [-0.1, -0.05) is 55.3 Å². The number of phenols is 1. The maximum absolute atomic E-state index is 17.2. The summed E-state index contributed by atoms with van der Waals surface area (Å²) in [4.78, 5) is 56.2. The summed E-state index contributed by atoms with van der Waals surface area (Å²) in [7, 11) is 0. The number of carbonyl (C=O) groups is 2. The molecule has 4 aromatic heterocycles. The van der Waals surface area contributed by atoms with Crippen molar-refractivity contribution in [3.63, 3.8) is 0 Å². The largest absolute Gasteiger partial charge is 0.508 e. The number of hydrogen-bond acceptors (Lipinski definition) is 16. The number of aryl methyl sites for hydroxylation is 1. The van der Waals surface area contributed by atoms with E-state index in [-0.39, 0.29) is 94.9 Å². The predicted molar refractivity (Wildman–Crippen MR) is 297 cm³/mol. The van der Waals surface area contributed by atoms with Gasteiger partial charge in [0.2, 0.25) is 11.8 Å². The van der Waals surface area contributed by atoms with Crippen LogP contribution in [0.1, 0.15) is 81.0 Å². The Balaban J connectivity index is 0.706. The van der Waals surface area contributed by atoms with E-state index < -0.39 is 29.7 Å². The first-order chi connectivity index (χ1) is 38.2. The smallest absolute Gasteiger partial charge is 0.319 e. The third kappa shape index (κ3) is 10.1. The Bertz CT molecular complexity index is 3500. The number of ether oxygens (including phenoxy) is 1. The standard InChI is InChI=1S/C59H63F2N11O6S/c1-6-43-46(60)14-11-36-19-41(73)20-44(51(36)43)53-52(61)54-45(23-62-53)56(71-27-39-12-13-40(28-71)65-39)67-59(66-54)77-18-17-69-16-15-37-25-70(26-38(37)24-69)49-22-48(78-68-49)50(31(2)3)58(76)72-29-42(74)21-47(72)57(75)64-32(4)34-7-9-35(10-8-34)55-33(5)63-30-79-55/h1,7-11,14,19-20,22-23,30-32,37-40,42,47,50,65,73-74H,12-13,15-18,21,24-29H2,2-5H3,(H,64,75)/t32-,37-,38+,39?,40?,42+,47-,50?/m0/s1. The lowest BCUT2D eigenvalue weighted by atomic mass is 9.89. The van der Waals surface area contributed by atoms with Gasteiger partial charge in [-0.3, -0.25) is 19.5 Å². The number of nitrogens with one attached hydrogen (secondary N) is 2. The second-order valence-electron chi connectivity index (χ2n) is 22.4. The highest BCUT2D eigenvalue weighted by Crippen LogP contribution is 2.41. The Morgan fingerprint density at radius 3 is 2.49 bits per heavy atom. The molecule has 20 heteroatoms. The molecule has 7 aromatic rings. The number of aromatic nitrogens is 5. The Kier molecular flexibility index (Phi) is 14.2. The predicted octanol–water partition coefficient (Wildman–Crippen LogP) is 7.59. The zero-order chi connectivity index (χ0) is 54.8. The van der Waals surface area contributed by atoms with E-state index in [2.05, 4.69) is 51.4 Å². The monoisotopic (exact) mass is 1090 g/mol. The summed E-state index contributed by atoms with van der Waals surface area (Å²) in [5.41, 5.74) is 4.70. The summed E-state index contributed by atoms with van der Waals surface area (Å²) in [6, 6.07) is 14.8. The number of phenolic OH excluding ortho intramolecular Hbond substituents is 1. The molecule has 17 nitrogen and oxygen atoms in total. The summed E-state index contributed by atoms with van der Waals surface area (Å²) in [5, 5.41) is 33.9. The molecule has 5 aliphatic rings. The van der Waals surface area contributed by atoms with Crippen molar-refractivity contribution in [2.75, 3.05) is 68.8 Å². The Morgan fingerprint density at radius 2 is 1.75 bits per heavy atom. The third-order valence-electron chi connectivity index (χ3n) is 16.9. The average Bonchev–Trinajstić information content (AvgIpc) is 4.36. The highest BCUT2D eigenvalue weighted by atomic mass is 32.1. The topological polar surface area (TPSA) is 198 Å². The fraction of sp³-hybridized carbons (Fsp3) is 0.441. The van der Waals surface area contributed by atoms with E-state index in [1.54, 1.807) is 11.3 Å². The molecule has 3 aromatic carbocycles. The number of aliphatic hydroxyl groups is 1. The number of carbonyl (C=O) groups excluding carboxylic acids is 2. The van der Waals surface area contributed by atoms with Crippen LogP contribution in [0.15, 0.2) is 70.8 Å². The molecule has 0 spiro atoms. The van der Waals surface area contributed by atoms with Crippen LogP contribution in [0.5, 0.6) is 11.8 Å². The number of hydrogen-bond donors (Lipinski definition) is 4. The number of rotatable bonds is 14. The van der Waals surface area contributed by atoms with E-state index in [0.717, 1.165) is 67.1 Å². The number of thiazole rings is 1. The number of halogens is 2. The van der Waals surface area contributed by atoms with E-state index in [1.165, 1.54) is 35.4 Å². The van der Waals surface area contributed by atoms with Crippen LogP contribution < -0.4 is 25.2 Å². The SMILES string of the molecule is C#Cc1c(F)ccc2cc(O)cc(-c3ncc4c(N5CC6CCC(C5)N6)nc(OCCN5CC[C@H]6CN(c7cc(C(C(=O)N8C[C@H](O)C[C@H]8C(=O)N[C@@H](C)c8ccc(-c9scnc9C)cc8)C(C)C)on7)C[C@H]6C5)nc4c3F)c12. The van der Waals surface area contributed by atoms with Gasteiger partial charge >= 0.3 is 6.01 Å². The minimum Gasteiger partial charge on any atom is -0.508 e. The minimum atomic E-state index is -0.849. The number of aliphatic hydroxyl groups excluding tert-OH is 1. The number of likely N-dealkylation sites (tertiary alicyclic amines) is 2. The number of piperazine rings is 1. The lowest BCUT2D eigenvalue weighted by Crippen LogP contribution is -2.51. The van der Waals surface area contributed by atoms with E-state index in [1.807, 2.05) is 63.5 Å². The molecule has 2 bridgehead atoms. The quantitative estimate of drug-likeness (QED) is 0.0777. The lowest BCUT2D eigenvalue weighted by molar-refractivity contribution is -0.141. The highest BCUT2D eigenvalue weighted by molar-refractivity contribution is 7.13. The van der Waals surface area contributed by atoms with Crippen molar-refractivity contribution in [3.05, 3.63) is 101 Å². The van der Waals surface area contributed by atoms with Gasteiger partial charge in [0.1, 0.15) is 47.2 Å². The molecular formula is C59H63F2N11O6S. The van der Waals surface area contributed by atoms with Crippen molar-refractivity contribution >= 4 is 56.5 Å². The first-order valence-electron chi connectivity index (χ1n) is 27.3. The van der Waals surface area contributed by atoms with Gasteiger partial charge in [-0.2, -0.15) is 9.97 Å². The Labute approximate surface area is 460 Å².